The number of imide groups is 1. The van der Waals surface area contributed by atoms with Gasteiger partial charge in [-0.2, -0.15) is 0 Å². The average Bonchev–Trinajstić information content (AvgIpc) is 1.82. The van der Waals surface area contributed by atoms with Crippen LogP contribution >= 0.6 is 0 Å². The second-order valence-corrected chi connectivity index (χ2v) is 1.39. The Balaban J connectivity index is 3.64. The monoisotopic (exact) mass is 144 g/mol. The zero-order chi connectivity index (χ0) is 7.98. The summed E-state index contributed by atoms with van der Waals surface area (Å²) in [6.45, 7) is 0. The Morgan fingerprint density at radius 1 is 1.60 bits per heavy atom. The maximum atomic E-state index is 10.4. The molecule has 0 aliphatic carbocycles. The van der Waals surface area contributed by atoms with Crippen LogP contribution in [0.4, 0.5) is 4.79 Å². The number of primary amides is 1. The van der Waals surface area contributed by atoms with E-state index in [4.69, 9.17) is 0 Å². The highest BCUT2D eigenvalue weighted by atomic mass is 16.5. The fraction of sp³-hybridized carbons (Fsp3) is 0.200. The molecule has 10 heavy (non-hydrogen) atoms. The van der Waals surface area contributed by atoms with Gasteiger partial charge in [0.15, 0.2) is 0 Å². The van der Waals surface area contributed by atoms with Crippen molar-refractivity contribution in [3.05, 3.63) is 12.3 Å². The van der Waals surface area contributed by atoms with Crippen LogP contribution in [0.5, 0.6) is 0 Å². The lowest BCUT2D eigenvalue weighted by Gasteiger charge is -1.91. The summed E-state index contributed by atoms with van der Waals surface area (Å²) in [5.74, 6) is -0.602. The molecule has 3 amide bonds. The lowest BCUT2D eigenvalue weighted by atomic mass is 10.6. The van der Waals surface area contributed by atoms with E-state index in [1.165, 1.54) is 7.11 Å². The molecule has 0 aromatic carbocycles. The van der Waals surface area contributed by atoms with Crippen molar-refractivity contribution in [3.63, 3.8) is 0 Å². The molecule has 0 atom stereocenters. The average molecular weight is 144 g/mol. The number of nitrogens with two attached hydrogens (primary N) is 1. The van der Waals surface area contributed by atoms with E-state index < -0.39 is 11.9 Å². The standard InChI is InChI=1S/C5H8N2O3/c1-10-3-2-4(8)7-5(6)9/h2-3H,1H3,(H3,6,7,8,9). The van der Waals surface area contributed by atoms with Crippen LogP contribution in [0.2, 0.25) is 0 Å². The van der Waals surface area contributed by atoms with Gasteiger partial charge in [0.05, 0.1) is 13.4 Å². The van der Waals surface area contributed by atoms with Crippen LogP contribution in [0, 0.1) is 0 Å². The third-order valence-corrected chi connectivity index (χ3v) is 0.602. The molecule has 0 radical (unpaired) electrons. The molecule has 0 rings (SSSR count). The van der Waals surface area contributed by atoms with Gasteiger partial charge in [0.25, 0.3) is 5.91 Å². The third-order valence-electron chi connectivity index (χ3n) is 0.602. The molecular weight excluding hydrogens is 136 g/mol. The quantitative estimate of drug-likeness (QED) is 0.398. The number of urea groups is 1. The van der Waals surface area contributed by atoms with E-state index in [9.17, 15) is 9.59 Å². The molecule has 3 N–H and O–H groups in total. The molecular formula is C5H8N2O3. The van der Waals surface area contributed by atoms with Crippen molar-refractivity contribution in [1.82, 2.24) is 5.32 Å². The third kappa shape index (κ3) is 4.63. The lowest BCUT2D eigenvalue weighted by molar-refractivity contribution is -0.115. The Morgan fingerprint density at radius 3 is 2.60 bits per heavy atom. The van der Waals surface area contributed by atoms with Gasteiger partial charge < -0.3 is 10.5 Å². The maximum absolute atomic E-state index is 10.4. The van der Waals surface area contributed by atoms with Crippen molar-refractivity contribution in [2.45, 2.75) is 0 Å². The Kier molecular flexibility index (Phi) is 3.70. The van der Waals surface area contributed by atoms with E-state index in [0.717, 1.165) is 12.3 Å². The highest BCUT2D eigenvalue weighted by Gasteiger charge is 1.96. The number of nitrogens with one attached hydrogen (secondary N) is 1. The van der Waals surface area contributed by atoms with Crippen LogP contribution < -0.4 is 11.1 Å². The van der Waals surface area contributed by atoms with Gasteiger partial charge in [0.2, 0.25) is 0 Å². The maximum Gasteiger partial charge on any atom is 0.319 e. The predicted octanol–water partition coefficient (Wildman–Crippen LogP) is -0.659. The van der Waals surface area contributed by atoms with Gasteiger partial charge in [-0.25, -0.2) is 4.79 Å². The van der Waals surface area contributed by atoms with Gasteiger partial charge >= 0.3 is 6.03 Å². The van der Waals surface area contributed by atoms with Crippen molar-refractivity contribution in [1.29, 1.82) is 0 Å². The number of ether oxygens (including phenoxy) is 1. The van der Waals surface area contributed by atoms with Gasteiger partial charge in [0, 0.05) is 6.08 Å². The minimum Gasteiger partial charge on any atom is -0.504 e. The van der Waals surface area contributed by atoms with Crippen LogP contribution in [-0.4, -0.2) is 19.0 Å². The molecule has 5 nitrogen and oxygen atoms in total. The van der Waals surface area contributed by atoms with Crippen molar-refractivity contribution in [2.75, 3.05) is 7.11 Å². The van der Waals surface area contributed by atoms with E-state index in [2.05, 4.69) is 10.5 Å². The summed E-state index contributed by atoms with van der Waals surface area (Å²) in [5, 5.41) is 1.81. The van der Waals surface area contributed by atoms with E-state index in [0.29, 0.717) is 0 Å². The predicted molar refractivity (Wildman–Crippen MR) is 33.9 cm³/mol. The van der Waals surface area contributed by atoms with E-state index >= 15 is 0 Å². The van der Waals surface area contributed by atoms with Crippen molar-refractivity contribution >= 4 is 11.9 Å². The van der Waals surface area contributed by atoms with Crippen LogP contribution in [0.1, 0.15) is 0 Å². The smallest absolute Gasteiger partial charge is 0.319 e. The highest BCUT2D eigenvalue weighted by Crippen LogP contribution is 1.72. The van der Waals surface area contributed by atoms with Crippen LogP contribution in [0.15, 0.2) is 12.3 Å². The first kappa shape index (κ1) is 8.48. The fourth-order valence-corrected chi connectivity index (χ4v) is 0.293. The first-order valence-corrected chi connectivity index (χ1v) is 2.46. The van der Waals surface area contributed by atoms with Crippen molar-refractivity contribution in [2.24, 2.45) is 5.73 Å². The van der Waals surface area contributed by atoms with Crippen LogP contribution in [0.25, 0.3) is 0 Å². The minimum absolute atomic E-state index is 0.602. The largest absolute Gasteiger partial charge is 0.504 e. The molecule has 0 aromatic heterocycles. The summed E-state index contributed by atoms with van der Waals surface area (Å²) in [6, 6.07) is -0.884. The SMILES string of the molecule is COC=CC(=O)NC(N)=O. The Bertz CT molecular complexity index is 164. The molecule has 0 heterocycles. The molecule has 0 spiro atoms. The van der Waals surface area contributed by atoms with Gasteiger partial charge in [-0.1, -0.05) is 0 Å². The Morgan fingerprint density at radius 2 is 2.20 bits per heavy atom. The summed E-state index contributed by atoms with van der Waals surface area (Å²) in [4.78, 5) is 20.4. The summed E-state index contributed by atoms with van der Waals surface area (Å²) in [7, 11) is 1.38. The molecule has 0 bridgehead atoms. The molecule has 5 heteroatoms. The summed E-state index contributed by atoms with van der Waals surface area (Å²) >= 11 is 0. The van der Waals surface area contributed by atoms with Crippen LogP contribution in [0.3, 0.4) is 0 Å². The summed E-state index contributed by atoms with van der Waals surface area (Å²) in [5.41, 5.74) is 4.62. The topological polar surface area (TPSA) is 81.4 Å². The fourth-order valence-electron chi connectivity index (χ4n) is 0.293. The molecule has 0 aromatic rings. The number of carbonyl (C=O) groups excluding carboxylic acids is 2. The first-order valence-electron chi connectivity index (χ1n) is 2.46. The number of methoxy groups -OCH3 is 1. The Labute approximate surface area is 57.8 Å². The molecule has 0 saturated heterocycles. The van der Waals surface area contributed by atoms with Gasteiger partial charge in [-0.15, -0.1) is 0 Å². The highest BCUT2D eigenvalue weighted by molar-refractivity contribution is 5.99. The summed E-state index contributed by atoms with van der Waals surface area (Å²) < 4.78 is 4.40. The van der Waals surface area contributed by atoms with E-state index in [1.807, 2.05) is 5.32 Å². The molecule has 56 valence electrons. The van der Waals surface area contributed by atoms with Gasteiger partial charge in [-0.05, 0) is 0 Å². The second kappa shape index (κ2) is 4.37. The number of hydrogen-bond donors (Lipinski definition) is 2. The van der Waals surface area contributed by atoms with Gasteiger partial charge in [0.1, 0.15) is 0 Å². The van der Waals surface area contributed by atoms with Crippen molar-refractivity contribution < 1.29 is 14.3 Å². The molecule has 0 saturated carbocycles. The zero-order valence-corrected chi connectivity index (χ0v) is 5.46. The lowest BCUT2D eigenvalue weighted by Crippen LogP contribution is -2.33. The number of amides is 3. The molecule has 0 aliphatic heterocycles. The van der Waals surface area contributed by atoms with E-state index in [1.54, 1.807) is 0 Å². The number of rotatable bonds is 2. The molecule has 0 fully saturated rings. The number of hydrogen-bond acceptors (Lipinski definition) is 3. The van der Waals surface area contributed by atoms with Gasteiger partial charge in [-0.3, -0.25) is 10.1 Å². The van der Waals surface area contributed by atoms with Crippen LogP contribution in [-0.2, 0) is 9.53 Å². The van der Waals surface area contributed by atoms with E-state index in [-0.39, 0.29) is 0 Å². The Hall–Kier alpha value is -1.52. The first-order chi connectivity index (χ1) is 4.66. The normalized spacial score (nSPS) is 9.30. The number of carbonyl (C=O) groups is 2. The molecule has 0 unspecified atom stereocenters. The molecule has 0 aliphatic rings. The van der Waals surface area contributed by atoms with Crippen molar-refractivity contribution in [3.8, 4) is 0 Å². The minimum atomic E-state index is -0.884. The summed E-state index contributed by atoms with van der Waals surface area (Å²) in [6.07, 6.45) is 2.18. The zero-order valence-electron chi connectivity index (χ0n) is 5.46. The second-order valence-electron chi connectivity index (χ2n) is 1.39.